The molecule has 1 aromatic rings. The van der Waals surface area contributed by atoms with Gasteiger partial charge in [0.1, 0.15) is 11.4 Å². The zero-order chi connectivity index (χ0) is 19.6. The average molecular weight is 430 g/mol. The lowest BCUT2D eigenvalue weighted by atomic mass is 10.2. The van der Waals surface area contributed by atoms with Crippen LogP contribution in [-0.2, 0) is 4.74 Å². The fourth-order valence-electron chi connectivity index (χ4n) is 2.73. The number of ether oxygens (including phenoxy) is 1. The number of rotatable bonds is 1. The Morgan fingerprint density at radius 3 is 2.54 bits per heavy atom. The molecule has 0 radical (unpaired) electrons. The van der Waals surface area contributed by atoms with Crippen LogP contribution in [0.15, 0.2) is 16.6 Å². The van der Waals surface area contributed by atoms with Crippen molar-refractivity contribution in [2.45, 2.75) is 46.3 Å². The second-order valence-electron chi connectivity index (χ2n) is 7.43. The lowest BCUT2D eigenvalue weighted by Gasteiger charge is -2.40. The van der Waals surface area contributed by atoms with Crippen LogP contribution < -0.4 is 5.32 Å². The number of hydrogen-bond donors (Lipinski definition) is 1. The third kappa shape index (κ3) is 4.87. The first-order valence-electron chi connectivity index (χ1n) is 8.49. The summed E-state index contributed by atoms with van der Waals surface area (Å²) in [6.45, 7) is 10.1. The number of anilines is 1. The van der Waals surface area contributed by atoms with Crippen LogP contribution in [0.4, 0.5) is 19.7 Å². The highest BCUT2D eigenvalue weighted by atomic mass is 79.9. The van der Waals surface area contributed by atoms with Crippen LogP contribution in [0.1, 0.15) is 33.3 Å². The molecule has 0 unspecified atom stereocenters. The summed E-state index contributed by atoms with van der Waals surface area (Å²) in [5, 5.41) is 2.75. The molecule has 0 saturated carbocycles. The van der Waals surface area contributed by atoms with Crippen molar-refractivity contribution in [3.8, 4) is 0 Å². The van der Waals surface area contributed by atoms with E-state index in [4.69, 9.17) is 4.74 Å². The molecule has 26 heavy (non-hydrogen) atoms. The number of benzene rings is 1. The molecule has 1 saturated heterocycles. The minimum absolute atomic E-state index is 0.183. The molecule has 0 bridgehead atoms. The molecule has 0 spiro atoms. The Morgan fingerprint density at radius 2 is 1.96 bits per heavy atom. The molecule has 1 atom stereocenters. The van der Waals surface area contributed by atoms with Crippen LogP contribution in [-0.4, -0.2) is 53.2 Å². The van der Waals surface area contributed by atoms with Crippen molar-refractivity contribution in [2.75, 3.05) is 25.0 Å². The standard InChI is InChI=1S/C18H25BrFN3O3/c1-11-10-22(17(25)26-18(3,4)5)8-9-23(11)16(24)21-14-7-6-13(19)15(20)12(14)2/h6-7,11H,8-10H2,1-5H3,(H,21,24)/t11-/m1/s1. The Bertz CT molecular complexity index is 706. The van der Waals surface area contributed by atoms with Gasteiger partial charge >= 0.3 is 12.1 Å². The largest absolute Gasteiger partial charge is 0.444 e. The first-order valence-corrected chi connectivity index (χ1v) is 9.29. The molecule has 1 fully saturated rings. The van der Waals surface area contributed by atoms with Crippen LogP contribution in [0.25, 0.3) is 0 Å². The maximum Gasteiger partial charge on any atom is 0.410 e. The van der Waals surface area contributed by atoms with E-state index in [0.29, 0.717) is 35.4 Å². The van der Waals surface area contributed by atoms with Crippen LogP contribution in [0.5, 0.6) is 0 Å². The van der Waals surface area contributed by atoms with Gasteiger partial charge < -0.3 is 19.9 Å². The highest BCUT2D eigenvalue weighted by molar-refractivity contribution is 9.10. The average Bonchev–Trinajstić information content (AvgIpc) is 2.53. The van der Waals surface area contributed by atoms with Crippen LogP contribution in [0.2, 0.25) is 0 Å². The van der Waals surface area contributed by atoms with Crippen molar-refractivity contribution in [2.24, 2.45) is 0 Å². The number of carbonyl (C=O) groups excluding carboxylic acids is 2. The van der Waals surface area contributed by atoms with Gasteiger partial charge in [0, 0.05) is 36.9 Å². The fourth-order valence-corrected chi connectivity index (χ4v) is 3.16. The zero-order valence-corrected chi connectivity index (χ0v) is 17.3. The lowest BCUT2D eigenvalue weighted by Crippen LogP contribution is -2.57. The van der Waals surface area contributed by atoms with E-state index in [9.17, 15) is 14.0 Å². The number of hydrogen-bond acceptors (Lipinski definition) is 3. The minimum Gasteiger partial charge on any atom is -0.444 e. The van der Waals surface area contributed by atoms with Gasteiger partial charge in [0.2, 0.25) is 0 Å². The predicted molar refractivity (Wildman–Crippen MR) is 102 cm³/mol. The van der Waals surface area contributed by atoms with Crippen molar-refractivity contribution in [1.82, 2.24) is 9.80 Å². The van der Waals surface area contributed by atoms with Gasteiger partial charge in [-0.25, -0.2) is 14.0 Å². The van der Waals surface area contributed by atoms with Gasteiger partial charge in [-0.1, -0.05) is 0 Å². The number of nitrogens with zero attached hydrogens (tertiary/aromatic N) is 2. The molecule has 1 N–H and O–H groups in total. The molecule has 1 aliphatic heterocycles. The van der Waals surface area contributed by atoms with Gasteiger partial charge in [-0.05, 0) is 62.7 Å². The van der Waals surface area contributed by atoms with Crippen LogP contribution >= 0.6 is 15.9 Å². The van der Waals surface area contributed by atoms with E-state index in [-0.39, 0.29) is 18.2 Å². The predicted octanol–water partition coefficient (Wildman–Crippen LogP) is 4.37. The van der Waals surface area contributed by atoms with E-state index in [2.05, 4.69) is 21.2 Å². The third-order valence-corrected chi connectivity index (χ3v) is 4.73. The van der Waals surface area contributed by atoms with E-state index in [0.717, 1.165) is 0 Å². The Balaban J connectivity index is 2.00. The van der Waals surface area contributed by atoms with Gasteiger partial charge in [-0.15, -0.1) is 0 Å². The summed E-state index contributed by atoms with van der Waals surface area (Å²) >= 11 is 3.13. The topological polar surface area (TPSA) is 61.9 Å². The van der Waals surface area contributed by atoms with E-state index in [1.807, 2.05) is 27.7 Å². The van der Waals surface area contributed by atoms with Gasteiger partial charge in [0.15, 0.2) is 0 Å². The van der Waals surface area contributed by atoms with Gasteiger partial charge in [-0.2, -0.15) is 0 Å². The fraction of sp³-hybridized carbons (Fsp3) is 0.556. The smallest absolute Gasteiger partial charge is 0.410 e. The van der Waals surface area contributed by atoms with Gasteiger partial charge in [-0.3, -0.25) is 0 Å². The number of piperazine rings is 1. The SMILES string of the molecule is Cc1c(NC(=O)N2CCN(C(=O)OC(C)(C)C)C[C@H]2C)ccc(Br)c1F. The van der Waals surface area contributed by atoms with Gasteiger partial charge in [0.05, 0.1) is 4.47 Å². The molecule has 1 aromatic carbocycles. The van der Waals surface area contributed by atoms with Crippen molar-refractivity contribution >= 4 is 33.7 Å². The molecule has 1 heterocycles. The number of carbonyl (C=O) groups is 2. The van der Waals surface area contributed by atoms with Crippen molar-refractivity contribution < 1.29 is 18.7 Å². The first-order chi connectivity index (χ1) is 12.0. The highest BCUT2D eigenvalue weighted by Gasteiger charge is 2.32. The molecule has 6 nitrogen and oxygen atoms in total. The monoisotopic (exact) mass is 429 g/mol. The Labute approximate surface area is 161 Å². The maximum atomic E-state index is 14.0. The highest BCUT2D eigenvalue weighted by Crippen LogP contribution is 2.25. The summed E-state index contributed by atoms with van der Waals surface area (Å²) in [7, 11) is 0. The Hall–Kier alpha value is -1.83. The van der Waals surface area contributed by atoms with E-state index >= 15 is 0 Å². The van der Waals surface area contributed by atoms with E-state index < -0.39 is 11.4 Å². The molecule has 2 rings (SSSR count). The third-order valence-electron chi connectivity index (χ3n) is 4.12. The Kier molecular flexibility index (Phi) is 6.16. The quantitative estimate of drug-likeness (QED) is 0.720. The lowest BCUT2D eigenvalue weighted by molar-refractivity contribution is 0.0112. The van der Waals surface area contributed by atoms with Crippen molar-refractivity contribution in [3.05, 3.63) is 28.0 Å². The zero-order valence-electron chi connectivity index (χ0n) is 15.7. The summed E-state index contributed by atoms with van der Waals surface area (Å²) in [5.74, 6) is -0.398. The summed E-state index contributed by atoms with van der Waals surface area (Å²) in [6.07, 6.45) is -0.379. The summed E-state index contributed by atoms with van der Waals surface area (Å²) in [5.41, 5.74) is 0.239. The van der Waals surface area contributed by atoms with E-state index in [1.54, 1.807) is 28.9 Å². The minimum atomic E-state index is -0.558. The van der Waals surface area contributed by atoms with Crippen molar-refractivity contribution in [3.63, 3.8) is 0 Å². The molecule has 144 valence electrons. The molecular weight excluding hydrogens is 405 g/mol. The normalized spacial score (nSPS) is 17.9. The molecule has 3 amide bonds. The van der Waals surface area contributed by atoms with Crippen molar-refractivity contribution in [1.29, 1.82) is 0 Å². The van der Waals surface area contributed by atoms with Crippen LogP contribution in [0, 0.1) is 12.7 Å². The number of amides is 3. The second-order valence-corrected chi connectivity index (χ2v) is 8.29. The number of urea groups is 1. The maximum absolute atomic E-state index is 14.0. The van der Waals surface area contributed by atoms with E-state index in [1.165, 1.54) is 0 Å². The summed E-state index contributed by atoms with van der Waals surface area (Å²) in [6, 6.07) is 2.71. The van der Waals surface area contributed by atoms with Crippen LogP contribution in [0.3, 0.4) is 0 Å². The molecule has 1 aliphatic rings. The molecule has 8 heteroatoms. The molecule has 0 aromatic heterocycles. The van der Waals surface area contributed by atoms with Gasteiger partial charge in [0.25, 0.3) is 0 Å². The first kappa shape index (κ1) is 20.5. The summed E-state index contributed by atoms with van der Waals surface area (Å²) in [4.78, 5) is 28.0. The molecule has 0 aliphatic carbocycles. The number of halogens is 2. The summed E-state index contributed by atoms with van der Waals surface area (Å²) < 4.78 is 19.7. The molecular formula is C18H25BrFN3O3. The second kappa shape index (κ2) is 7.82. The Morgan fingerprint density at radius 1 is 1.31 bits per heavy atom. The number of nitrogens with one attached hydrogen (secondary N) is 1.